The van der Waals surface area contributed by atoms with Gasteiger partial charge in [0, 0.05) is 11.6 Å². The minimum atomic E-state index is 0.403. The van der Waals surface area contributed by atoms with Gasteiger partial charge >= 0.3 is 0 Å². The molecular formula is C12H9N5OS. The van der Waals surface area contributed by atoms with Crippen LogP contribution in [0.1, 0.15) is 22.2 Å². The summed E-state index contributed by atoms with van der Waals surface area (Å²) in [6.45, 7) is 1.96. The lowest BCUT2D eigenvalue weighted by atomic mass is 10.3. The predicted octanol–water partition coefficient (Wildman–Crippen LogP) is 2.29. The monoisotopic (exact) mass is 271 g/mol. The number of rotatable bonds is 3. The molecule has 0 aromatic carbocycles. The van der Waals surface area contributed by atoms with Crippen LogP contribution in [0.5, 0.6) is 0 Å². The van der Waals surface area contributed by atoms with Crippen LogP contribution in [0.2, 0.25) is 0 Å². The Morgan fingerprint density at radius 3 is 3.05 bits per heavy atom. The summed E-state index contributed by atoms with van der Waals surface area (Å²) in [5.74, 6) is 0.986. The van der Waals surface area contributed by atoms with Gasteiger partial charge in [-0.05, 0) is 13.0 Å². The number of aryl methyl sites for hydroxylation is 1. The summed E-state index contributed by atoms with van der Waals surface area (Å²) in [4.78, 5) is 11.5. The molecule has 7 heteroatoms. The van der Waals surface area contributed by atoms with Crippen molar-refractivity contribution in [3.05, 3.63) is 39.9 Å². The molecule has 0 saturated heterocycles. The van der Waals surface area contributed by atoms with E-state index in [4.69, 9.17) is 9.78 Å². The van der Waals surface area contributed by atoms with Crippen molar-refractivity contribution >= 4 is 11.3 Å². The molecule has 19 heavy (non-hydrogen) atoms. The summed E-state index contributed by atoms with van der Waals surface area (Å²) < 4.78 is 5.17. The lowest BCUT2D eigenvalue weighted by molar-refractivity contribution is 0.424. The third kappa shape index (κ3) is 2.39. The highest BCUT2D eigenvalue weighted by molar-refractivity contribution is 7.09. The molecule has 3 rings (SSSR count). The first-order valence-corrected chi connectivity index (χ1v) is 6.45. The van der Waals surface area contributed by atoms with E-state index in [0.29, 0.717) is 29.4 Å². The summed E-state index contributed by atoms with van der Waals surface area (Å²) in [6, 6.07) is 3.68. The number of aromatic nitrogens is 4. The molecule has 0 aliphatic carbocycles. The van der Waals surface area contributed by atoms with Crippen LogP contribution >= 0.6 is 11.3 Å². The molecule has 6 nitrogen and oxygen atoms in total. The predicted molar refractivity (Wildman–Crippen MR) is 68.5 cm³/mol. The SMILES string of the molecule is Cc1nc(Cc2noc(-c3c[nH]c(C#N)c3)n2)cs1. The van der Waals surface area contributed by atoms with E-state index in [1.54, 1.807) is 23.6 Å². The molecule has 3 aromatic heterocycles. The first-order chi connectivity index (χ1) is 9.24. The Balaban J connectivity index is 1.81. The fraction of sp³-hybridized carbons (Fsp3) is 0.167. The van der Waals surface area contributed by atoms with Crippen LogP contribution in [-0.2, 0) is 6.42 Å². The number of aromatic amines is 1. The van der Waals surface area contributed by atoms with Crippen molar-refractivity contribution < 1.29 is 4.52 Å². The molecule has 3 aromatic rings. The van der Waals surface area contributed by atoms with Gasteiger partial charge in [0.1, 0.15) is 11.8 Å². The zero-order valence-electron chi connectivity index (χ0n) is 10.0. The average Bonchev–Trinajstić information content (AvgIpc) is 3.10. The summed E-state index contributed by atoms with van der Waals surface area (Å²) in [5, 5.41) is 15.7. The molecule has 0 bridgehead atoms. The van der Waals surface area contributed by atoms with Crippen molar-refractivity contribution in [3.63, 3.8) is 0 Å². The van der Waals surface area contributed by atoms with Gasteiger partial charge in [-0.1, -0.05) is 5.16 Å². The molecule has 0 radical (unpaired) electrons. The van der Waals surface area contributed by atoms with Gasteiger partial charge in [0.25, 0.3) is 5.89 Å². The second-order valence-corrected chi connectivity index (χ2v) is 5.03. The summed E-state index contributed by atoms with van der Waals surface area (Å²) in [7, 11) is 0. The fourth-order valence-electron chi connectivity index (χ4n) is 1.68. The van der Waals surface area contributed by atoms with E-state index in [0.717, 1.165) is 10.7 Å². The van der Waals surface area contributed by atoms with Gasteiger partial charge in [-0.3, -0.25) is 0 Å². The van der Waals surface area contributed by atoms with Crippen molar-refractivity contribution in [1.29, 1.82) is 5.26 Å². The van der Waals surface area contributed by atoms with Crippen LogP contribution in [0, 0.1) is 18.3 Å². The minimum absolute atomic E-state index is 0.403. The van der Waals surface area contributed by atoms with Crippen molar-refractivity contribution in [2.24, 2.45) is 0 Å². The van der Waals surface area contributed by atoms with Gasteiger partial charge in [-0.15, -0.1) is 11.3 Å². The number of nitrogens with one attached hydrogen (secondary N) is 1. The molecule has 3 heterocycles. The molecule has 94 valence electrons. The Morgan fingerprint density at radius 2 is 2.37 bits per heavy atom. The lowest BCUT2D eigenvalue weighted by Crippen LogP contribution is -1.91. The maximum atomic E-state index is 8.75. The third-order valence-corrected chi connectivity index (χ3v) is 3.35. The highest BCUT2D eigenvalue weighted by Gasteiger charge is 2.12. The van der Waals surface area contributed by atoms with Gasteiger partial charge in [0.2, 0.25) is 0 Å². The van der Waals surface area contributed by atoms with E-state index in [1.807, 2.05) is 18.4 Å². The number of hydrogen-bond donors (Lipinski definition) is 1. The Kier molecular flexibility index (Phi) is 2.85. The molecule has 0 amide bonds. The van der Waals surface area contributed by atoms with Crippen LogP contribution in [0.25, 0.3) is 11.5 Å². The van der Waals surface area contributed by atoms with Crippen LogP contribution < -0.4 is 0 Å². The van der Waals surface area contributed by atoms with Gasteiger partial charge in [-0.25, -0.2) is 4.98 Å². The van der Waals surface area contributed by atoms with E-state index in [9.17, 15) is 0 Å². The van der Waals surface area contributed by atoms with Crippen LogP contribution in [-0.4, -0.2) is 20.1 Å². The molecular weight excluding hydrogens is 262 g/mol. The number of nitriles is 1. The van der Waals surface area contributed by atoms with Crippen molar-refractivity contribution in [1.82, 2.24) is 20.1 Å². The van der Waals surface area contributed by atoms with Gasteiger partial charge in [0.05, 0.1) is 22.7 Å². The number of thiazole rings is 1. The second kappa shape index (κ2) is 4.66. The smallest absolute Gasteiger partial charge is 0.259 e. The van der Waals surface area contributed by atoms with E-state index in [2.05, 4.69) is 20.1 Å². The summed E-state index contributed by atoms with van der Waals surface area (Å²) in [5.41, 5.74) is 2.11. The fourth-order valence-corrected chi connectivity index (χ4v) is 2.29. The summed E-state index contributed by atoms with van der Waals surface area (Å²) in [6.07, 6.45) is 2.21. The van der Waals surface area contributed by atoms with E-state index in [1.165, 1.54) is 0 Å². The molecule has 1 N–H and O–H groups in total. The molecule has 0 aliphatic heterocycles. The average molecular weight is 271 g/mol. The molecule has 0 atom stereocenters. The molecule has 0 spiro atoms. The Morgan fingerprint density at radius 1 is 1.47 bits per heavy atom. The highest BCUT2D eigenvalue weighted by atomic mass is 32.1. The molecule has 0 fully saturated rings. The van der Waals surface area contributed by atoms with Crippen molar-refractivity contribution in [2.75, 3.05) is 0 Å². The molecule has 0 saturated carbocycles. The normalized spacial score (nSPS) is 10.5. The number of hydrogen-bond acceptors (Lipinski definition) is 6. The van der Waals surface area contributed by atoms with E-state index >= 15 is 0 Å². The largest absolute Gasteiger partial charge is 0.352 e. The maximum absolute atomic E-state index is 8.75. The first kappa shape index (κ1) is 11.6. The summed E-state index contributed by atoms with van der Waals surface area (Å²) >= 11 is 1.59. The topological polar surface area (TPSA) is 91.4 Å². The lowest BCUT2D eigenvalue weighted by Gasteiger charge is -1.87. The standard InChI is InChI=1S/C12H9N5OS/c1-7-15-10(6-19-7)3-11-16-12(18-17-11)8-2-9(4-13)14-5-8/h2,5-6,14H,3H2,1H3. The van der Waals surface area contributed by atoms with Crippen molar-refractivity contribution in [2.45, 2.75) is 13.3 Å². The maximum Gasteiger partial charge on any atom is 0.259 e. The quantitative estimate of drug-likeness (QED) is 0.789. The zero-order chi connectivity index (χ0) is 13.2. The van der Waals surface area contributed by atoms with E-state index < -0.39 is 0 Å². The zero-order valence-corrected chi connectivity index (χ0v) is 10.9. The first-order valence-electron chi connectivity index (χ1n) is 5.57. The second-order valence-electron chi connectivity index (χ2n) is 3.96. The Bertz CT molecular complexity index is 748. The Labute approximate surface area is 112 Å². The number of H-pyrrole nitrogens is 1. The van der Waals surface area contributed by atoms with Crippen LogP contribution in [0.4, 0.5) is 0 Å². The Hall–Kier alpha value is -2.46. The molecule has 0 aliphatic rings. The minimum Gasteiger partial charge on any atom is -0.352 e. The van der Waals surface area contributed by atoms with E-state index in [-0.39, 0.29) is 0 Å². The number of nitrogens with zero attached hydrogens (tertiary/aromatic N) is 4. The van der Waals surface area contributed by atoms with Crippen LogP contribution in [0.15, 0.2) is 22.2 Å². The van der Waals surface area contributed by atoms with Gasteiger partial charge in [0.15, 0.2) is 5.82 Å². The van der Waals surface area contributed by atoms with Crippen LogP contribution in [0.3, 0.4) is 0 Å². The highest BCUT2D eigenvalue weighted by Crippen LogP contribution is 2.19. The van der Waals surface area contributed by atoms with Gasteiger partial charge < -0.3 is 9.51 Å². The molecule has 0 unspecified atom stereocenters. The third-order valence-electron chi connectivity index (χ3n) is 2.52. The van der Waals surface area contributed by atoms with Crippen molar-refractivity contribution in [3.8, 4) is 17.5 Å². The van der Waals surface area contributed by atoms with Gasteiger partial charge in [-0.2, -0.15) is 10.2 Å².